The Labute approximate surface area is 214 Å². The lowest BCUT2D eigenvalue weighted by Crippen LogP contribution is -2.31. The molecular formula is C28H27ClF2N4O. The van der Waals surface area contributed by atoms with Crippen LogP contribution in [0.15, 0.2) is 53.5 Å². The monoisotopic (exact) mass is 508 g/mol. The summed E-state index contributed by atoms with van der Waals surface area (Å²) in [6.07, 6.45) is 3.91. The molecule has 1 aliphatic carbocycles. The average Bonchev–Trinajstić information content (AvgIpc) is 3.56. The van der Waals surface area contributed by atoms with Gasteiger partial charge in [-0.05, 0) is 85.2 Å². The standard InChI is InChI=1S/C28H27ClF2N4O/c1-16-11-19(6-9-23(16)31)27(18-4-5-18)35-28(36)25-13-17(15-33-26-3-2-10-32-26)12-24(34-25)21-8-7-20(30)14-22(21)29/h6-9,11-14,18,27H,2-5,10,15H2,1H3,(H,32,33)(H,35,36). The third-order valence-corrected chi connectivity index (χ3v) is 6.93. The molecule has 5 nitrogen and oxygen atoms in total. The Balaban J connectivity index is 1.46. The Morgan fingerprint density at radius 1 is 1.14 bits per heavy atom. The van der Waals surface area contributed by atoms with Crippen molar-refractivity contribution in [1.29, 1.82) is 0 Å². The van der Waals surface area contributed by atoms with Gasteiger partial charge in [0, 0.05) is 25.1 Å². The number of pyridine rings is 1. The Hall–Kier alpha value is -3.32. The number of hydrogen-bond donors (Lipinski definition) is 2. The second kappa shape index (κ2) is 10.3. The molecule has 1 saturated carbocycles. The highest BCUT2D eigenvalue weighted by Gasteiger charge is 2.34. The van der Waals surface area contributed by atoms with Crippen molar-refractivity contribution in [2.75, 3.05) is 6.54 Å². The van der Waals surface area contributed by atoms with E-state index in [9.17, 15) is 13.6 Å². The van der Waals surface area contributed by atoms with Crippen molar-refractivity contribution in [1.82, 2.24) is 15.6 Å². The van der Waals surface area contributed by atoms with E-state index in [2.05, 4.69) is 20.6 Å². The summed E-state index contributed by atoms with van der Waals surface area (Å²) in [5, 5.41) is 6.68. The molecule has 1 atom stereocenters. The van der Waals surface area contributed by atoms with Gasteiger partial charge in [0.1, 0.15) is 17.3 Å². The Morgan fingerprint density at radius 2 is 1.97 bits per heavy atom. The lowest BCUT2D eigenvalue weighted by molar-refractivity contribution is 0.0926. The van der Waals surface area contributed by atoms with Gasteiger partial charge >= 0.3 is 0 Å². The molecule has 5 rings (SSSR count). The minimum Gasteiger partial charge on any atom is -0.370 e. The zero-order chi connectivity index (χ0) is 25.2. The van der Waals surface area contributed by atoms with Crippen LogP contribution in [0.3, 0.4) is 0 Å². The number of amidine groups is 1. The highest BCUT2D eigenvalue weighted by atomic mass is 35.5. The van der Waals surface area contributed by atoms with Crippen LogP contribution in [0, 0.1) is 24.5 Å². The number of aromatic nitrogens is 1. The first-order valence-electron chi connectivity index (χ1n) is 12.2. The molecule has 0 spiro atoms. The largest absolute Gasteiger partial charge is 0.370 e. The molecular weight excluding hydrogens is 482 g/mol. The fourth-order valence-corrected chi connectivity index (χ4v) is 4.77. The van der Waals surface area contributed by atoms with Crippen LogP contribution in [0.4, 0.5) is 8.78 Å². The van der Waals surface area contributed by atoms with E-state index >= 15 is 0 Å². The topological polar surface area (TPSA) is 66.4 Å². The molecule has 8 heteroatoms. The van der Waals surface area contributed by atoms with E-state index in [4.69, 9.17) is 11.6 Å². The van der Waals surface area contributed by atoms with Gasteiger partial charge in [-0.2, -0.15) is 0 Å². The number of halogens is 3. The first-order valence-corrected chi connectivity index (χ1v) is 12.6. The van der Waals surface area contributed by atoms with Gasteiger partial charge in [0.2, 0.25) is 0 Å². The van der Waals surface area contributed by atoms with Crippen LogP contribution in [0.2, 0.25) is 5.02 Å². The van der Waals surface area contributed by atoms with Crippen molar-refractivity contribution in [3.8, 4) is 11.3 Å². The van der Waals surface area contributed by atoms with E-state index in [1.54, 1.807) is 31.2 Å². The van der Waals surface area contributed by atoms with E-state index in [-0.39, 0.29) is 28.5 Å². The predicted octanol–water partition coefficient (Wildman–Crippen LogP) is 6.15. The number of nitrogens with one attached hydrogen (secondary N) is 2. The number of nitrogens with zero attached hydrogens (tertiary/aromatic N) is 2. The summed E-state index contributed by atoms with van der Waals surface area (Å²) in [5.74, 6) is 0.206. The summed E-state index contributed by atoms with van der Waals surface area (Å²) in [4.78, 5) is 22.5. The number of aryl methyl sites for hydroxylation is 1. The van der Waals surface area contributed by atoms with Crippen LogP contribution in [0.5, 0.6) is 0 Å². The van der Waals surface area contributed by atoms with Crippen molar-refractivity contribution < 1.29 is 13.6 Å². The van der Waals surface area contributed by atoms with Gasteiger partial charge in [-0.15, -0.1) is 0 Å². The fraction of sp³-hybridized carbons (Fsp3) is 0.321. The minimum absolute atomic E-state index is 0.219. The van der Waals surface area contributed by atoms with Gasteiger partial charge < -0.3 is 10.6 Å². The molecule has 1 aromatic heterocycles. The molecule has 0 radical (unpaired) electrons. The molecule has 3 aromatic rings. The summed E-state index contributed by atoms with van der Waals surface area (Å²) in [7, 11) is 0. The zero-order valence-corrected chi connectivity index (χ0v) is 20.7. The number of carbonyl (C=O) groups excluding carboxylic acids is 1. The first-order chi connectivity index (χ1) is 17.4. The molecule has 0 bridgehead atoms. The second-order valence-electron chi connectivity index (χ2n) is 9.45. The van der Waals surface area contributed by atoms with Crippen LogP contribution in [-0.4, -0.2) is 23.3 Å². The van der Waals surface area contributed by atoms with Crippen LogP contribution >= 0.6 is 11.6 Å². The van der Waals surface area contributed by atoms with E-state index < -0.39 is 5.82 Å². The van der Waals surface area contributed by atoms with E-state index in [0.717, 1.165) is 49.2 Å². The number of benzene rings is 2. The van der Waals surface area contributed by atoms with E-state index in [1.165, 1.54) is 18.2 Å². The average molecular weight is 509 g/mol. The lowest BCUT2D eigenvalue weighted by Gasteiger charge is -2.20. The highest BCUT2D eigenvalue weighted by Crippen LogP contribution is 2.41. The molecule has 186 valence electrons. The molecule has 1 amide bonds. The van der Waals surface area contributed by atoms with Crippen molar-refractivity contribution in [3.05, 3.63) is 87.6 Å². The number of rotatable bonds is 7. The Morgan fingerprint density at radius 3 is 2.67 bits per heavy atom. The highest BCUT2D eigenvalue weighted by molar-refractivity contribution is 6.33. The third-order valence-electron chi connectivity index (χ3n) is 6.62. The predicted molar refractivity (Wildman–Crippen MR) is 137 cm³/mol. The summed E-state index contributed by atoms with van der Waals surface area (Å²) in [6, 6.07) is 12.4. The van der Waals surface area contributed by atoms with Crippen LogP contribution in [0.25, 0.3) is 11.3 Å². The van der Waals surface area contributed by atoms with Gasteiger partial charge in [-0.25, -0.2) is 13.8 Å². The molecule has 2 aromatic carbocycles. The normalized spacial score (nSPS) is 15.9. The van der Waals surface area contributed by atoms with Crippen molar-refractivity contribution in [3.63, 3.8) is 0 Å². The van der Waals surface area contributed by atoms with Crippen LogP contribution in [-0.2, 0) is 6.54 Å². The maximum absolute atomic E-state index is 13.9. The smallest absolute Gasteiger partial charge is 0.270 e. The number of aliphatic imine (C=N–C) groups is 1. The Kier molecular flexibility index (Phi) is 7.01. The summed E-state index contributed by atoms with van der Waals surface area (Å²) in [6.45, 7) is 3.00. The third kappa shape index (κ3) is 5.57. The Bertz CT molecular complexity index is 1340. The van der Waals surface area contributed by atoms with Gasteiger partial charge in [0.25, 0.3) is 5.91 Å². The maximum Gasteiger partial charge on any atom is 0.270 e. The molecule has 0 saturated heterocycles. The van der Waals surface area contributed by atoms with Gasteiger partial charge in [0.15, 0.2) is 0 Å². The number of hydrogen-bond acceptors (Lipinski definition) is 4. The molecule has 36 heavy (non-hydrogen) atoms. The minimum atomic E-state index is -0.444. The van der Waals surface area contributed by atoms with Gasteiger partial charge in [-0.1, -0.05) is 23.7 Å². The zero-order valence-electron chi connectivity index (χ0n) is 20.0. The van der Waals surface area contributed by atoms with Crippen LogP contribution < -0.4 is 10.6 Å². The lowest BCUT2D eigenvalue weighted by atomic mass is 9.99. The van der Waals surface area contributed by atoms with Crippen LogP contribution in [0.1, 0.15) is 58.9 Å². The molecule has 2 N–H and O–H groups in total. The molecule has 2 heterocycles. The van der Waals surface area contributed by atoms with E-state index in [0.29, 0.717) is 29.3 Å². The van der Waals surface area contributed by atoms with Crippen molar-refractivity contribution in [2.24, 2.45) is 10.9 Å². The first kappa shape index (κ1) is 24.4. The van der Waals surface area contributed by atoms with Crippen molar-refractivity contribution >= 4 is 23.3 Å². The molecule has 1 unspecified atom stereocenters. The van der Waals surface area contributed by atoms with Gasteiger partial charge in [0.05, 0.1) is 22.6 Å². The molecule has 2 aliphatic rings. The summed E-state index contributed by atoms with van der Waals surface area (Å²) in [5.41, 5.74) is 3.52. The molecule has 1 fully saturated rings. The number of carbonyl (C=O) groups is 1. The molecule has 1 aliphatic heterocycles. The summed E-state index contributed by atoms with van der Waals surface area (Å²) < 4.78 is 27.5. The summed E-state index contributed by atoms with van der Waals surface area (Å²) >= 11 is 6.32. The van der Waals surface area contributed by atoms with Crippen molar-refractivity contribution in [2.45, 2.75) is 45.2 Å². The van der Waals surface area contributed by atoms with Gasteiger partial charge in [-0.3, -0.25) is 9.79 Å². The SMILES string of the molecule is Cc1cc(C(NC(=O)c2cc(CNC3=NCCC3)cc(-c3ccc(F)cc3Cl)n2)C2CC2)ccc1F. The van der Waals surface area contributed by atoms with E-state index in [1.807, 2.05) is 6.07 Å². The maximum atomic E-state index is 13.9. The second-order valence-corrected chi connectivity index (χ2v) is 9.86. The number of amides is 1. The fourth-order valence-electron chi connectivity index (χ4n) is 4.51. The quantitative estimate of drug-likeness (QED) is 0.402.